The molecule has 0 unspecified atom stereocenters. The third kappa shape index (κ3) is 4.71. The van der Waals surface area contributed by atoms with Crippen molar-refractivity contribution in [3.05, 3.63) is 51.5 Å². The van der Waals surface area contributed by atoms with Crippen LogP contribution in [0, 0.1) is 0 Å². The average molecular weight is 363 g/mol. The SMILES string of the molecule is O=C(CSc1cccc(O)c1)Nc1c(Cl)cc(Cl)cc1Cl. The monoisotopic (exact) mass is 361 g/mol. The standard InChI is InChI=1S/C14H10Cl3NO2S/c15-8-4-11(16)14(12(17)5-8)18-13(20)7-21-10-3-1-2-9(19)6-10/h1-6,19H,7H2,(H,18,20). The minimum Gasteiger partial charge on any atom is -0.508 e. The molecule has 2 rings (SSSR count). The number of thioether (sulfide) groups is 1. The summed E-state index contributed by atoms with van der Waals surface area (Å²) in [4.78, 5) is 12.7. The van der Waals surface area contributed by atoms with Gasteiger partial charge < -0.3 is 10.4 Å². The van der Waals surface area contributed by atoms with Gasteiger partial charge in [-0.1, -0.05) is 40.9 Å². The largest absolute Gasteiger partial charge is 0.508 e. The van der Waals surface area contributed by atoms with Crippen LogP contribution >= 0.6 is 46.6 Å². The molecule has 0 radical (unpaired) electrons. The number of anilines is 1. The van der Waals surface area contributed by atoms with Crippen molar-refractivity contribution < 1.29 is 9.90 Å². The molecule has 0 aliphatic heterocycles. The first-order valence-electron chi connectivity index (χ1n) is 5.82. The lowest BCUT2D eigenvalue weighted by Crippen LogP contribution is -2.14. The van der Waals surface area contributed by atoms with Crippen LogP contribution in [0.1, 0.15) is 0 Å². The lowest BCUT2D eigenvalue weighted by molar-refractivity contribution is -0.113. The third-order valence-corrected chi connectivity index (χ3v) is 4.27. The molecule has 0 saturated carbocycles. The van der Waals surface area contributed by atoms with E-state index in [1.165, 1.54) is 23.9 Å². The molecular weight excluding hydrogens is 353 g/mol. The van der Waals surface area contributed by atoms with E-state index in [-0.39, 0.29) is 27.5 Å². The van der Waals surface area contributed by atoms with Crippen molar-refractivity contribution in [3.63, 3.8) is 0 Å². The van der Waals surface area contributed by atoms with Crippen LogP contribution < -0.4 is 5.32 Å². The summed E-state index contributed by atoms with van der Waals surface area (Å²) in [5, 5.41) is 13.0. The van der Waals surface area contributed by atoms with Gasteiger partial charge in [-0.2, -0.15) is 0 Å². The number of hydrogen-bond acceptors (Lipinski definition) is 3. The molecular formula is C14H10Cl3NO2S. The highest BCUT2D eigenvalue weighted by molar-refractivity contribution is 8.00. The van der Waals surface area contributed by atoms with Crippen LogP contribution in [0.5, 0.6) is 5.75 Å². The van der Waals surface area contributed by atoms with Gasteiger partial charge >= 0.3 is 0 Å². The molecule has 7 heteroatoms. The first-order valence-corrected chi connectivity index (χ1v) is 7.94. The Hall–Kier alpha value is -1.07. The van der Waals surface area contributed by atoms with Crippen molar-refractivity contribution >= 4 is 58.2 Å². The van der Waals surface area contributed by atoms with Crippen LogP contribution in [-0.2, 0) is 4.79 Å². The molecule has 1 amide bonds. The number of rotatable bonds is 4. The number of nitrogens with one attached hydrogen (secondary N) is 1. The molecule has 0 aromatic heterocycles. The number of aromatic hydroxyl groups is 1. The van der Waals surface area contributed by atoms with Crippen LogP contribution in [0.15, 0.2) is 41.3 Å². The highest BCUT2D eigenvalue weighted by Crippen LogP contribution is 2.34. The minimum absolute atomic E-state index is 0.157. The fourth-order valence-electron chi connectivity index (χ4n) is 1.56. The molecule has 2 aromatic carbocycles. The maximum atomic E-state index is 11.9. The van der Waals surface area contributed by atoms with E-state index in [0.717, 1.165) is 4.90 Å². The van der Waals surface area contributed by atoms with E-state index in [4.69, 9.17) is 34.8 Å². The van der Waals surface area contributed by atoms with Crippen LogP contribution in [0.3, 0.4) is 0 Å². The highest BCUT2D eigenvalue weighted by Gasteiger charge is 2.11. The van der Waals surface area contributed by atoms with E-state index in [9.17, 15) is 9.90 Å². The number of benzene rings is 2. The van der Waals surface area contributed by atoms with Gasteiger partial charge in [0.1, 0.15) is 5.75 Å². The van der Waals surface area contributed by atoms with Crippen molar-refractivity contribution in [1.29, 1.82) is 0 Å². The Morgan fingerprint density at radius 2 is 1.81 bits per heavy atom. The number of halogens is 3. The molecule has 0 heterocycles. The van der Waals surface area contributed by atoms with Crippen LogP contribution in [0.2, 0.25) is 15.1 Å². The van der Waals surface area contributed by atoms with Gasteiger partial charge in [-0.3, -0.25) is 4.79 Å². The van der Waals surface area contributed by atoms with Gasteiger partial charge in [-0.05, 0) is 30.3 Å². The van der Waals surface area contributed by atoms with Crippen LogP contribution in [-0.4, -0.2) is 16.8 Å². The number of phenolic OH excluding ortho intramolecular Hbond substituents is 1. The maximum absolute atomic E-state index is 11.9. The zero-order valence-corrected chi connectivity index (χ0v) is 13.7. The average Bonchev–Trinajstić information content (AvgIpc) is 2.40. The Kier molecular flexibility index (Phi) is 5.65. The van der Waals surface area contributed by atoms with Gasteiger partial charge in [-0.15, -0.1) is 11.8 Å². The molecule has 0 atom stereocenters. The van der Waals surface area contributed by atoms with Crippen LogP contribution in [0.4, 0.5) is 5.69 Å². The topological polar surface area (TPSA) is 49.3 Å². The van der Waals surface area contributed by atoms with E-state index < -0.39 is 0 Å². The lowest BCUT2D eigenvalue weighted by Gasteiger charge is -2.09. The van der Waals surface area contributed by atoms with Gasteiger partial charge in [0, 0.05) is 9.92 Å². The highest BCUT2D eigenvalue weighted by atomic mass is 35.5. The quantitative estimate of drug-likeness (QED) is 0.745. The molecule has 2 N–H and O–H groups in total. The maximum Gasteiger partial charge on any atom is 0.234 e. The third-order valence-electron chi connectivity index (χ3n) is 2.46. The Labute approximate surface area is 141 Å². The molecule has 0 fully saturated rings. The minimum atomic E-state index is -0.255. The van der Waals surface area contributed by atoms with Gasteiger partial charge in [0.2, 0.25) is 5.91 Å². The smallest absolute Gasteiger partial charge is 0.234 e. The van der Waals surface area contributed by atoms with E-state index in [1.807, 2.05) is 0 Å². The fraction of sp³-hybridized carbons (Fsp3) is 0.0714. The van der Waals surface area contributed by atoms with Gasteiger partial charge in [-0.25, -0.2) is 0 Å². The summed E-state index contributed by atoms with van der Waals surface area (Å²) >= 11 is 19.1. The van der Waals surface area contributed by atoms with E-state index >= 15 is 0 Å². The zero-order valence-electron chi connectivity index (χ0n) is 10.6. The van der Waals surface area contributed by atoms with Crippen molar-refractivity contribution in [1.82, 2.24) is 0 Å². The predicted octanol–water partition coefficient (Wildman–Crippen LogP) is 5.08. The Bertz CT molecular complexity index is 656. The summed E-state index contributed by atoms with van der Waals surface area (Å²) in [5.74, 6) is 0.0670. The predicted molar refractivity (Wildman–Crippen MR) is 88.9 cm³/mol. The number of amides is 1. The van der Waals surface area contributed by atoms with Crippen LogP contribution in [0.25, 0.3) is 0 Å². The van der Waals surface area contributed by atoms with Crippen molar-refractivity contribution in [2.75, 3.05) is 11.1 Å². The molecule has 0 saturated heterocycles. The van der Waals surface area contributed by atoms with Gasteiger partial charge in [0.15, 0.2) is 0 Å². The summed E-state index contributed by atoms with van der Waals surface area (Å²) in [6, 6.07) is 9.68. The number of carbonyl (C=O) groups excluding carboxylic acids is 1. The summed E-state index contributed by atoms with van der Waals surface area (Å²) in [6.07, 6.45) is 0. The molecule has 0 spiro atoms. The molecule has 0 aliphatic rings. The van der Waals surface area contributed by atoms with Gasteiger partial charge in [0.25, 0.3) is 0 Å². The van der Waals surface area contributed by atoms with E-state index in [0.29, 0.717) is 10.7 Å². The summed E-state index contributed by atoms with van der Waals surface area (Å²) in [5.41, 5.74) is 0.337. The Morgan fingerprint density at radius 3 is 2.43 bits per heavy atom. The Balaban J connectivity index is 1.99. The molecule has 3 nitrogen and oxygen atoms in total. The second-order valence-corrected chi connectivity index (χ2v) is 6.38. The summed E-state index contributed by atoms with van der Waals surface area (Å²) in [7, 11) is 0. The second kappa shape index (κ2) is 7.27. The number of phenols is 1. The van der Waals surface area contributed by atoms with Crippen molar-refractivity contribution in [2.24, 2.45) is 0 Å². The summed E-state index contributed by atoms with van der Waals surface area (Å²) in [6.45, 7) is 0. The molecule has 21 heavy (non-hydrogen) atoms. The fourth-order valence-corrected chi connectivity index (χ4v) is 3.22. The number of carbonyl (C=O) groups is 1. The Morgan fingerprint density at radius 1 is 1.14 bits per heavy atom. The molecule has 110 valence electrons. The van der Waals surface area contributed by atoms with Gasteiger partial charge in [0.05, 0.1) is 21.5 Å². The second-order valence-electron chi connectivity index (χ2n) is 4.08. The van der Waals surface area contributed by atoms with E-state index in [1.54, 1.807) is 24.3 Å². The first-order chi connectivity index (χ1) is 9.95. The number of hydrogen-bond donors (Lipinski definition) is 2. The van der Waals surface area contributed by atoms with Crippen molar-refractivity contribution in [2.45, 2.75) is 4.90 Å². The summed E-state index contributed by atoms with van der Waals surface area (Å²) < 4.78 is 0. The van der Waals surface area contributed by atoms with Crippen molar-refractivity contribution in [3.8, 4) is 5.75 Å². The molecule has 0 aliphatic carbocycles. The van der Waals surface area contributed by atoms with E-state index in [2.05, 4.69) is 5.32 Å². The molecule has 0 bridgehead atoms. The normalized spacial score (nSPS) is 10.4. The first kappa shape index (κ1) is 16.3. The lowest BCUT2D eigenvalue weighted by atomic mass is 10.3. The zero-order chi connectivity index (χ0) is 15.4. The molecule has 2 aromatic rings.